The fourth-order valence-electron chi connectivity index (χ4n) is 1.46. The lowest BCUT2D eigenvalue weighted by Gasteiger charge is -2.19. The van der Waals surface area contributed by atoms with Gasteiger partial charge in [-0.05, 0) is 53.6 Å². The summed E-state index contributed by atoms with van der Waals surface area (Å²) in [5.41, 5.74) is 10.1. The average Bonchev–Trinajstić information content (AvgIpc) is 2.30. The van der Waals surface area contributed by atoms with Crippen molar-refractivity contribution in [1.82, 2.24) is 0 Å². The minimum atomic E-state index is -0.877. The molecule has 1 atom stereocenters. The summed E-state index contributed by atoms with van der Waals surface area (Å²) in [5.74, 6) is 0.582. The van der Waals surface area contributed by atoms with Crippen molar-refractivity contribution in [3.63, 3.8) is 0 Å². The molecule has 4 N–H and O–H groups in total. The number of nitrogens with two attached hydrogens (primary N) is 2. The third-order valence-corrected chi connectivity index (χ3v) is 4.86. The number of carbonyl (C=O) groups excluding carboxylic acids is 1. The lowest BCUT2D eigenvalue weighted by Crippen LogP contribution is -2.49. The van der Waals surface area contributed by atoms with E-state index in [4.69, 9.17) is 11.5 Å². The maximum absolute atomic E-state index is 11.0. The Hall–Kier alpha value is -0.520. The van der Waals surface area contributed by atoms with Crippen LogP contribution < -0.4 is 11.5 Å². The van der Waals surface area contributed by atoms with Crippen LogP contribution in [0.25, 0.3) is 0 Å². The number of thioether (sulfide) groups is 1. The van der Waals surface area contributed by atoms with Crippen molar-refractivity contribution in [3.8, 4) is 0 Å². The van der Waals surface area contributed by atoms with Crippen molar-refractivity contribution < 1.29 is 4.79 Å². The molecule has 100 valence electrons. The molecule has 1 aromatic carbocycles. The summed E-state index contributed by atoms with van der Waals surface area (Å²) in [4.78, 5) is 12.3. The van der Waals surface area contributed by atoms with Crippen LogP contribution in [0, 0.1) is 0 Å². The van der Waals surface area contributed by atoms with Crippen LogP contribution in [-0.2, 0) is 4.79 Å². The zero-order valence-electron chi connectivity index (χ0n) is 10.5. The van der Waals surface area contributed by atoms with Crippen LogP contribution in [0.4, 0.5) is 0 Å². The van der Waals surface area contributed by atoms with Gasteiger partial charge in [-0.25, -0.2) is 0 Å². The van der Waals surface area contributed by atoms with E-state index < -0.39 is 11.4 Å². The van der Waals surface area contributed by atoms with Crippen molar-refractivity contribution in [1.29, 1.82) is 0 Å². The van der Waals surface area contributed by atoms with Crippen LogP contribution in [0.2, 0.25) is 0 Å². The molecule has 0 saturated heterocycles. The second kappa shape index (κ2) is 7.16. The van der Waals surface area contributed by atoms with Gasteiger partial charge in [-0.2, -0.15) is 0 Å². The first kappa shape index (κ1) is 15.5. The predicted molar refractivity (Wildman–Crippen MR) is 80.5 cm³/mol. The summed E-state index contributed by atoms with van der Waals surface area (Å²) in [6.45, 7) is 1.69. The SMILES string of the molecule is CC(N)(CCCCSc1ccccc1Br)C(N)=O. The highest BCUT2D eigenvalue weighted by Gasteiger charge is 2.24. The Balaban J connectivity index is 2.24. The van der Waals surface area contributed by atoms with E-state index in [1.807, 2.05) is 18.2 Å². The lowest BCUT2D eigenvalue weighted by atomic mass is 9.96. The van der Waals surface area contributed by atoms with Crippen LogP contribution in [-0.4, -0.2) is 17.2 Å². The van der Waals surface area contributed by atoms with Crippen molar-refractivity contribution in [2.75, 3.05) is 5.75 Å². The summed E-state index contributed by atoms with van der Waals surface area (Å²) in [6.07, 6.45) is 2.57. The van der Waals surface area contributed by atoms with E-state index in [1.54, 1.807) is 18.7 Å². The van der Waals surface area contributed by atoms with Crippen molar-refractivity contribution in [3.05, 3.63) is 28.7 Å². The van der Waals surface area contributed by atoms with Gasteiger partial charge in [0.1, 0.15) is 0 Å². The fraction of sp³-hybridized carbons (Fsp3) is 0.462. The minimum absolute atomic E-state index is 0.430. The van der Waals surface area contributed by atoms with Gasteiger partial charge in [-0.15, -0.1) is 11.8 Å². The van der Waals surface area contributed by atoms with Gasteiger partial charge in [0.05, 0.1) is 5.54 Å². The Labute approximate surface area is 121 Å². The largest absolute Gasteiger partial charge is 0.368 e. The molecule has 0 aromatic heterocycles. The number of hydrogen-bond donors (Lipinski definition) is 2. The molecule has 1 aromatic rings. The molecule has 0 saturated carbocycles. The molecule has 5 heteroatoms. The van der Waals surface area contributed by atoms with Crippen molar-refractivity contribution in [2.45, 2.75) is 36.6 Å². The van der Waals surface area contributed by atoms with Gasteiger partial charge in [0.15, 0.2) is 0 Å². The van der Waals surface area contributed by atoms with Gasteiger partial charge in [0.25, 0.3) is 0 Å². The third-order valence-electron chi connectivity index (χ3n) is 2.75. The molecular weight excluding hydrogens is 312 g/mol. The Kier molecular flexibility index (Phi) is 6.18. The molecular formula is C13H19BrN2OS. The third kappa shape index (κ3) is 5.00. The van der Waals surface area contributed by atoms with Crippen LogP contribution in [0.5, 0.6) is 0 Å². The van der Waals surface area contributed by atoms with Crippen LogP contribution in [0.1, 0.15) is 26.2 Å². The zero-order chi connectivity index (χ0) is 13.6. The molecule has 0 heterocycles. The quantitative estimate of drug-likeness (QED) is 0.596. The van der Waals surface area contributed by atoms with Crippen LogP contribution in [0.3, 0.4) is 0 Å². The van der Waals surface area contributed by atoms with E-state index in [0.29, 0.717) is 6.42 Å². The normalized spacial score (nSPS) is 14.2. The standard InChI is InChI=1S/C13H19BrN2OS/c1-13(16,12(15)17)8-4-5-9-18-11-7-3-2-6-10(11)14/h2-3,6-7H,4-5,8-9,16H2,1H3,(H2,15,17). The Morgan fingerprint density at radius 1 is 1.39 bits per heavy atom. The maximum Gasteiger partial charge on any atom is 0.237 e. The number of rotatable bonds is 7. The van der Waals surface area contributed by atoms with Gasteiger partial charge in [-0.3, -0.25) is 4.79 Å². The smallest absolute Gasteiger partial charge is 0.237 e. The first-order valence-corrected chi connectivity index (χ1v) is 7.67. The molecule has 0 aliphatic carbocycles. The van der Waals surface area contributed by atoms with Crippen molar-refractivity contribution >= 4 is 33.6 Å². The number of hydrogen-bond acceptors (Lipinski definition) is 3. The monoisotopic (exact) mass is 330 g/mol. The summed E-state index contributed by atoms with van der Waals surface area (Å²) in [5, 5.41) is 0. The Morgan fingerprint density at radius 3 is 2.67 bits per heavy atom. The lowest BCUT2D eigenvalue weighted by molar-refractivity contribution is -0.122. The molecule has 1 unspecified atom stereocenters. The second-order valence-electron chi connectivity index (χ2n) is 4.52. The molecule has 0 aliphatic rings. The van der Waals surface area contributed by atoms with E-state index >= 15 is 0 Å². The number of primary amides is 1. The summed E-state index contributed by atoms with van der Waals surface area (Å²) >= 11 is 5.32. The van der Waals surface area contributed by atoms with E-state index in [2.05, 4.69) is 22.0 Å². The molecule has 3 nitrogen and oxygen atoms in total. The van der Waals surface area contributed by atoms with Gasteiger partial charge in [0, 0.05) is 9.37 Å². The molecule has 0 spiro atoms. The number of benzene rings is 1. The topological polar surface area (TPSA) is 69.1 Å². The first-order valence-electron chi connectivity index (χ1n) is 5.89. The minimum Gasteiger partial charge on any atom is -0.368 e. The van der Waals surface area contributed by atoms with Gasteiger partial charge in [0.2, 0.25) is 5.91 Å². The van der Waals surface area contributed by atoms with E-state index in [1.165, 1.54) is 4.90 Å². The fourth-order valence-corrected chi connectivity index (χ4v) is 3.04. The molecule has 0 fully saturated rings. The number of unbranched alkanes of at least 4 members (excludes halogenated alkanes) is 1. The molecule has 0 radical (unpaired) electrons. The van der Waals surface area contributed by atoms with E-state index in [0.717, 1.165) is 23.1 Å². The van der Waals surface area contributed by atoms with Gasteiger partial charge in [-0.1, -0.05) is 18.6 Å². The number of amides is 1. The molecule has 1 amide bonds. The average molecular weight is 331 g/mol. The highest BCUT2D eigenvalue weighted by Crippen LogP contribution is 2.28. The molecule has 18 heavy (non-hydrogen) atoms. The molecule has 0 bridgehead atoms. The highest BCUT2D eigenvalue weighted by molar-refractivity contribution is 9.10. The van der Waals surface area contributed by atoms with Gasteiger partial charge < -0.3 is 11.5 Å². The first-order chi connectivity index (χ1) is 8.43. The van der Waals surface area contributed by atoms with Crippen molar-refractivity contribution in [2.24, 2.45) is 11.5 Å². The summed E-state index contributed by atoms with van der Waals surface area (Å²) in [6, 6.07) is 8.15. The van der Waals surface area contributed by atoms with E-state index in [9.17, 15) is 4.79 Å². The Bertz CT molecular complexity index is 410. The Morgan fingerprint density at radius 2 is 2.06 bits per heavy atom. The highest BCUT2D eigenvalue weighted by atomic mass is 79.9. The maximum atomic E-state index is 11.0. The molecule has 1 rings (SSSR count). The zero-order valence-corrected chi connectivity index (χ0v) is 12.9. The number of halogens is 1. The summed E-state index contributed by atoms with van der Waals surface area (Å²) in [7, 11) is 0. The number of carbonyl (C=O) groups is 1. The van der Waals surface area contributed by atoms with Gasteiger partial charge >= 0.3 is 0 Å². The summed E-state index contributed by atoms with van der Waals surface area (Å²) < 4.78 is 1.12. The van der Waals surface area contributed by atoms with E-state index in [-0.39, 0.29) is 0 Å². The molecule has 0 aliphatic heterocycles. The van der Waals surface area contributed by atoms with Crippen LogP contribution in [0.15, 0.2) is 33.6 Å². The second-order valence-corrected chi connectivity index (χ2v) is 6.51. The predicted octanol–water partition coefficient (Wildman–Crippen LogP) is 2.91. The van der Waals surface area contributed by atoms with Crippen LogP contribution >= 0.6 is 27.7 Å².